The van der Waals surface area contributed by atoms with Crippen LogP contribution in [0.15, 0.2) is 12.1 Å². The zero-order valence-corrected chi connectivity index (χ0v) is 12.7. The van der Waals surface area contributed by atoms with Crippen LogP contribution >= 0.6 is 11.6 Å². The molecule has 2 rings (SSSR count). The fourth-order valence-electron chi connectivity index (χ4n) is 2.57. The van der Waals surface area contributed by atoms with Crippen LogP contribution in [0.5, 0.6) is 0 Å². The van der Waals surface area contributed by atoms with Crippen LogP contribution in [0, 0.1) is 5.92 Å². The molecule has 0 atom stereocenters. The molecule has 0 aromatic heterocycles. The maximum absolute atomic E-state index is 12.0. The summed E-state index contributed by atoms with van der Waals surface area (Å²) in [4.78, 5) is 14.1. The fourth-order valence-corrected chi connectivity index (χ4v) is 2.92. The van der Waals surface area contributed by atoms with Crippen molar-refractivity contribution in [3.05, 3.63) is 22.7 Å². The molecular weight excluding hydrogens is 276 g/mol. The molecule has 0 amide bonds. The van der Waals surface area contributed by atoms with Crippen molar-refractivity contribution < 1.29 is 9.53 Å². The van der Waals surface area contributed by atoms with Gasteiger partial charge in [0.1, 0.15) is 0 Å². The van der Waals surface area contributed by atoms with Gasteiger partial charge in [-0.15, -0.1) is 0 Å². The van der Waals surface area contributed by atoms with Gasteiger partial charge in [0, 0.05) is 18.8 Å². The van der Waals surface area contributed by atoms with E-state index in [4.69, 9.17) is 22.1 Å². The van der Waals surface area contributed by atoms with Crippen LogP contribution in [0.3, 0.4) is 0 Å². The molecule has 0 spiro atoms. The SMILES string of the molecule is CCN(CC1CCC1)c1c(Cl)cc(N)cc1C(=O)OC. The highest BCUT2D eigenvalue weighted by atomic mass is 35.5. The second-order valence-electron chi connectivity index (χ2n) is 5.23. The molecule has 110 valence electrons. The van der Waals surface area contributed by atoms with Gasteiger partial charge in [0.2, 0.25) is 0 Å². The van der Waals surface area contributed by atoms with Crippen molar-refractivity contribution in [2.45, 2.75) is 26.2 Å². The lowest BCUT2D eigenvalue weighted by Gasteiger charge is -2.34. The summed E-state index contributed by atoms with van der Waals surface area (Å²) in [5.41, 5.74) is 7.44. The zero-order chi connectivity index (χ0) is 14.7. The van der Waals surface area contributed by atoms with E-state index in [1.54, 1.807) is 12.1 Å². The van der Waals surface area contributed by atoms with E-state index >= 15 is 0 Å². The number of halogens is 1. The molecule has 0 saturated heterocycles. The van der Waals surface area contributed by atoms with E-state index < -0.39 is 5.97 Å². The number of hydrogen-bond donors (Lipinski definition) is 1. The van der Waals surface area contributed by atoms with Crippen LogP contribution in [0.25, 0.3) is 0 Å². The standard InChI is InChI=1S/C15H21ClN2O2/c1-3-18(9-10-5-4-6-10)14-12(15(19)20-2)7-11(17)8-13(14)16/h7-8,10H,3-6,9,17H2,1-2H3. The van der Waals surface area contributed by atoms with Gasteiger partial charge in [-0.3, -0.25) is 0 Å². The van der Waals surface area contributed by atoms with E-state index in [-0.39, 0.29) is 0 Å². The minimum absolute atomic E-state index is 0.402. The molecular formula is C15H21ClN2O2. The number of hydrogen-bond acceptors (Lipinski definition) is 4. The van der Waals surface area contributed by atoms with Crippen molar-refractivity contribution in [2.24, 2.45) is 5.92 Å². The topological polar surface area (TPSA) is 55.6 Å². The summed E-state index contributed by atoms with van der Waals surface area (Å²) in [5, 5.41) is 0.506. The van der Waals surface area contributed by atoms with Gasteiger partial charge in [0.25, 0.3) is 0 Å². The van der Waals surface area contributed by atoms with Gasteiger partial charge in [-0.05, 0) is 37.8 Å². The second kappa shape index (κ2) is 6.35. The third-order valence-corrected chi connectivity index (χ3v) is 4.18. The van der Waals surface area contributed by atoms with Crippen molar-refractivity contribution in [1.29, 1.82) is 0 Å². The van der Waals surface area contributed by atoms with Crippen LogP contribution in [-0.2, 0) is 4.74 Å². The minimum Gasteiger partial charge on any atom is -0.465 e. The molecule has 1 aliphatic carbocycles. The predicted molar refractivity (Wildman–Crippen MR) is 82.4 cm³/mol. The molecule has 1 fully saturated rings. The summed E-state index contributed by atoms with van der Waals surface area (Å²) in [6.45, 7) is 3.78. The Kier molecular flexibility index (Phi) is 4.76. The highest BCUT2D eigenvalue weighted by Crippen LogP contribution is 2.36. The number of anilines is 2. The zero-order valence-electron chi connectivity index (χ0n) is 12.0. The fraction of sp³-hybridized carbons (Fsp3) is 0.533. The molecule has 2 N–H and O–H groups in total. The van der Waals surface area contributed by atoms with Gasteiger partial charge in [-0.1, -0.05) is 18.0 Å². The van der Waals surface area contributed by atoms with Crippen molar-refractivity contribution in [3.8, 4) is 0 Å². The Balaban J connectivity index is 2.37. The maximum atomic E-state index is 12.0. The number of nitrogens with zero attached hydrogens (tertiary/aromatic N) is 1. The van der Waals surface area contributed by atoms with Crippen LogP contribution in [0.1, 0.15) is 36.5 Å². The lowest BCUT2D eigenvalue weighted by molar-refractivity contribution is 0.0601. The summed E-state index contributed by atoms with van der Waals surface area (Å²) >= 11 is 6.32. The summed E-state index contributed by atoms with van der Waals surface area (Å²) in [7, 11) is 1.37. The van der Waals surface area contributed by atoms with Gasteiger partial charge >= 0.3 is 5.97 Å². The Bertz CT molecular complexity index is 501. The van der Waals surface area contributed by atoms with Crippen molar-refractivity contribution in [3.63, 3.8) is 0 Å². The highest BCUT2D eigenvalue weighted by molar-refractivity contribution is 6.34. The molecule has 1 aliphatic rings. The molecule has 4 nitrogen and oxygen atoms in total. The Hall–Kier alpha value is -1.42. The van der Waals surface area contributed by atoms with Crippen LogP contribution in [0.4, 0.5) is 11.4 Å². The van der Waals surface area contributed by atoms with Crippen LogP contribution < -0.4 is 10.6 Å². The van der Waals surface area contributed by atoms with E-state index in [0.29, 0.717) is 22.2 Å². The number of carbonyl (C=O) groups is 1. The molecule has 1 aromatic rings. The predicted octanol–water partition coefficient (Wildman–Crippen LogP) is 3.34. The Morgan fingerprint density at radius 3 is 2.70 bits per heavy atom. The molecule has 0 unspecified atom stereocenters. The first-order chi connectivity index (χ1) is 9.56. The van der Waals surface area contributed by atoms with Crippen LogP contribution in [-0.4, -0.2) is 26.2 Å². The molecule has 0 aliphatic heterocycles. The lowest BCUT2D eigenvalue weighted by atomic mass is 9.85. The van der Waals surface area contributed by atoms with E-state index in [1.165, 1.54) is 26.4 Å². The van der Waals surface area contributed by atoms with E-state index in [1.807, 2.05) is 0 Å². The number of nitrogen functional groups attached to an aromatic ring is 1. The van der Waals surface area contributed by atoms with E-state index in [2.05, 4.69) is 11.8 Å². The molecule has 5 heteroatoms. The van der Waals surface area contributed by atoms with Gasteiger partial charge < -0.3 is 15.4 Å². The first kappa shape index (κ1) is 15.0. The second-order valence-corrected chi connectivity index (χ2v) is 5.63. The third kappa shape index (κ3) is 3.01. The molecule has 1 saturated carbocycles. The number of methoxy groups -OCH3 is 1. The number of esters is 1. The quantitative estimate of drug-likeness (QED) is 0.669. The first-order valence-electron chi connectivity index (χ1n) is 6.99. The monoisotopic (exact) mass is 296 g/mol. The first-order valence-corrected chi connectivity index (χ1v) is 7.36. The Morgan fingerprint density at radius 2 is 2.20 bits per heavy atom. The van der Waals surface area contributed by atoms with E-state index in [9.17, 15) is 4.79 Å². The summed E-state index contributed by atoms with van der Waals surface area (Å²) in [5.74, 6) is 0.287. The van der Waals surface area contributed by atoms with Crippen LogP contribution in [0.2, 0.25) is 5.02 Å². The Labute approximate surface area is 124 Å². The smallest absolute Gasteiger partial charge is 0.340 e. The minimum atomic E-state index is -0.402. The largest absolute Gasteiger partial charge is 0.465 e. The maximum Gasteiger partial charge on any atom is 0.340 e. The molecule has 1 aromatic carbocycles. The molecule has 0 heterocycles. The third-order valence-electron chi connectivity index (χ3n) is 3.89. The average Bonchev–Trinajstić information content (AvgIpc) is 2.37. The number of benzene rings is 1. The molecule has 0 radical (unpaired) electrons. The average molecular weight is 297 g/mol. The highest BCUT2D eigenvalue weighted by Gasteiger charge is 2.25. The number of nitrogens with two attached hydrogens (primary N) is 1. The van der Waals surface area contributed by atoms with E-state index in [0.717, 1.165) is 18.8 Å². The molecule has 0 bridgehead atoms. The summed E-state index contributed by atoms with van der Waals surface area (Å²) in [6.07, 6.45) is 3.79. The summed E-state index contributed by atoms with van der Waals surface area (Å²) < 4.78 is 4.85. The van der Waals surface area contributed by atoms with Gasteiger partial charge in [-0.25, -0.2) is 4.79 Å². The van der Waals surface area contributed by atoms with Gasteiger partial charge in [-0.2, -0.15) is 0 Å². The number of rotatable bonds is 5. The number of ether oxygens (including phenoxy) is 1. The van der Waals surface area contributed by atoms with Crippen molar-refractivity contribution in [2.75, 3.05) is 30.8 Å². The lowest BCUT2D eigenvalue weighted by Crippen LogP contribution is -2.33. The normalized spacial score (nSPS) is 14.8. The van der Waals surface area contributed by atoms with Gasteiger partial charge in [0.05, 0.1) is 23.4 Å². The van der Waals surface area contributed by atoms with Crippen molar-refractivity contribution in [1.82, 2.24) is 0 Å². The Morgan fingerprint density at radius 1 is 1.50 bits per heavy atom. The summed E-state index contributed by atoms with van der Waals surface area (Å²) in [6, 6.07) is 3.32. The molecule has 20 heavy (non-hydrogen) atoms. The number of carbonyl (C=O) groups excluding carboxylic acids is 1. The van der Waals surface area contributed by atoms with Gasteiger partial charge in [0.15, 0.2) is 0 Å². The van der Waals surface area contributed by atoms with Crippen molar-refractivity contribution >= 4 is 28.9 Å².